The fourth-order valence-corrected chi connectivity index (χ4v) is 1.00. The lowest BCUT2D eigenvalue weighted by Gasteiger charge is -1.82. The van der Waals surface area contributed by atoms with Gasteiger partial charge in [-0.05, 0) is 6.07 Å². The molecule has 0 aliphatic heterocycles. The second kappa shape index (κ2) is 1.70. The molecule has 2 aromatic rings. The Hall–Kier alpha value is -1.58. The largest absolute Gasteiger partial charge is 0.365 e. The van der Waals surface area contributed by atoms with Gasteiger partial charge in [0.05, 0.1) is 10.8 Å². The molecule has 0 unspecified atom stereocenters. The van der Waals surface area contributed by atoms with Crippen LogP contribution in [0, 0.1) is 4.91 Å². The third kappa shape index (κ3) is 0.500. The SMILES string of the molecule is O=Nn1ccc2c[nH]cc21. The summed E-state index contributed by atoms with van der Waals surface area (Å²) in [6.45, 7) is 0. The number of aromatic nitrogens is 2. The Labute approximate surface area is 56.4 Å². The molecular weight excluding hydrogens is 130 g/mol. The molecule has 0 bridgehead atoms. The molecule has 2 aromatic heterocycles. The summed E-state index contributed by atoms with van der Waals surface area (Å²) in [5.74, 6) is 0. The van der Waals surface area contributed by atoms with Crippen molar-refractivity contribution in [1.82, 2.24) is 9.66 Å². The molecule has 4 nitrogen and oxygen atoms in total. The van der Waals surface area contributed by atoms with Gasteiger partial charge in [0, 0.05) is 24.0 Å². The van der Waals surface area contributed by atoms with Crippen molar-refractivity contribution in [2.45, 2.75) is 0 Å². The van der Waals surface area contributed by atoms with Crippen LogP contribution >= 0.6 is 0 Å². The molecule has 0 saturated heterocycles. The van der Waals surface area contributed by atoms with Crippen molar-refractivity contribution in [3.8, 4) is 0 Å². The lowest BCUT2D eigenvalue weighted by Crippen LogP contribution is -1.78. The highest BCUT2D eigenvalue weighted by atomic mass is 16.3. The first-order valence-corrected chi connectivity index (χ1v) is 2.89. The van der Waals surface area contributed by atoms with Crippen LogP contribution in [0.25, 0.3) is 10.9 Å². The molecule has 10 heavy (non-hydrogen) atoms. The molecule has 0 fully saturated rings. The minimum atomic E-state index is 0.815. The Balaban J connectivity index is 2.88. The Morgan fingerprint density at radius 3 is 3.20 bits per heavy atom. The molecule has 0 amide bonds. The number of nitroso groups, excluding NO2 is 1. The Kier molecular flexibility index (Phi) is 0.887. The number of hydrogen-bond donors (Lipinski definition) is 1. The predicted octanol–water partition coefficient (Wildman–Crippen LogP) is 1.50. The highest BCUT2D eigenvalue weighted by Gasteiger charge is 1.98. The van der Waals surface area contributed by atoms with E-state index in [1.165, 1.54) is 4.68 Å². The third-order valence-electron chi connectivity index (χ3n) is 1.48. The molecular formula is C6H5N3O. The second-order valence-electron chi connectivity index (χ2n) is 2.04. The van der Waals surface area contributed by atoms with Gasteiger partial charge in [0.1, 0.15) is 0 Å². The minimum absolute atomic E-state index is 0.815. The van der Waals surface area contributed by atoms with Crippen molar-refractivity contribution in [1.29, 1.82) is 0 Å². The summed E-state index contributed by atoms with van der Waals surface area (Å²) in [5, 5.41) is 3.78. The first-order valence-electron chi connectivity index (χ1n) is 2.89. The van der Waals surface area contributed by atoms with Gasteiger partial charge in [-0.3, -0.25) is 0 Å². The first kappa shape index (κ1) is 5.22. The van der Waals surface area contributed by atoms with E-state index in [2.05, 4.69) is 10.3 Å². The number of nitrogens with one attached hydrogen (secondary N) is 1. The molecule has 2 heterocycles. The minimum Gasteiger partial charge on any atom is -0.365 e. The number of nitrogens with zero attached hydrogens (tertiary/aromatic N) is 2. The van der Waals surface area contributed by atoms with Crippen LogP contribution in [-0.2, 0) is 0 Å². The molecule has 2 rings (SSSR count). The number of hydrogen-bond acceptors (Lipinski definition) is 2. The van der Waals surface area contributed by atoms with Gasteiger partial charge in [-0.25, -0.2) is 4.68 Å². The molecule has 1 N–H and O–H groups in total. The zero-order chi connectivity index (χ0) is 6.97. The summed E-state index contributed by atoms with van der Waals surface area (Å²) in [4.78, 5) is 13.0. The van der Waals surface area contributed by atoms with E-state index in [-0.39, 0.29) is 0 Å². The maximum Gasteiger partial charge on any atom is 0.0925 e. The van der Waals surface area contributed by atoms with Gasteiger partial charge >= 0.3 is 0 Å². The van der Waals surface area contributed by atoms with Gasteiger partial charge in [0.2, 0.25) is 0 Å². The van der Waals surface area contributed by atoms with Crippen molar-refractivity contribution in [3.05, 3.63) is 29.6 Å². The maximum atomic E-state index is 10.1. The van der Waals surface area contributed by atoms with E-state index in [4.69, 9.17) is 0 Å². The van der Waals surface area contributed by atoms with Crippen LogP contribution in [0.4, 0.5) is 0 Å². The van der Waals surface area contributed by atoms with Crippen molar-refractivity contribution in [2.75, 3.05) is 0 Å². The van der Waals surface area contributed by atoms with Gasteiger partial charge in [-0.2, -0.15) is 0 Å². The molecule has 50 valence electrons. The molecule has 0 saturated carbocycles. The monoisotopic (exact) mass is 135 g/mol. The normalized spacial score (nSPS) is 10.4. The highest BCUT2D eigenvalue weighted by Crippen LogP contribution is 2.13. The molecule has 4 heteroatoms. The van der Waals surface area contributed by atoms with E-state index >= 15 is 0 Å². The van der Waals surface area contributed by atoms with Gasteiger partial charge in [-0.15, -0.1) is 4.91 Å². The summed E-state index contributed by atoms with van der Waals surface area (Å²) in [6.07, 6.45) is 5.18. The Morgan fingerprint density at radius 2 is 2.40 bits per heavy atom. The van der Waals surface area contributed by atoms with E-state index in [1.807, 2.05) is 12.3 Å². The van der Waals surface area contributed by atoms with Crippen LogP contribution in [0.1, 0.15) is 0 Å². The molecule has 0 aliphatic rings. The van der Waals surface area contributed by atoms with Crippen LogP contribution in [0.5, 0.6) is 0 Å². The van der Waals surface area contributed by atoms with E-state index in [1.54, 1.807) is 12.4 Å². The molecule has 0 atom stereocenters. The lowest BCUT2D eigenvalue weighted by atomic mass is 10.4. The fraction of sp³-hybridized carbons (Fsp3) is 0. The van der Waals surface area contributed by atoms with Gasteiger partial charge in [0.25, 0.3) is 0 Å². The topological polar surface area (TPSA) is 50.1 Å². The zero-order valence-electron chi connectivity index (χ0n) is 5.11. The summed E-state index contributed by atoms with van der Waals surface area (Å²) in [6, 6.07) is 1.83. The number of fused-ring (bicyclic) bond motifs is 1. The van der Waals surface area contributed by atoms with Gasteiger partial charge in [0.15, 0.2) is 0 Å². The van der Waals surface area contributed by atoms with E-state index in [0.717, 1.165) is 10.9 Å². The van der Waals surface area contributed by atoms with E-state index in [9.17, 15) is 4.91 Å². The summed E-state index contributed by atoms with van der Waals surface area (Å²) in [5.41, 5.74) is 0.815. The predicted molar refractivity (Wildman–Crippen MR) is 37.5 cm³/mol. The van der Waals surface area contributed by atoms with Crippen molar-refractivity contribution in [3.63, 3.8) is 0 Å². The zero-order valence-corrected chi connectivity index (χ0v) is 5.11. The number of rotatable bonds is 1. The van der Waals surface area contributed by atoms with Crippen LogP contribution < -0.4 is 0 Å². The average molecular weight is 135 g/mol. The van der Waals surface area contributed by atoms with Gasteiger partial charge < -0.3 is 4.98 Å². The van der Waals surface area contributed by atoms with Crippen LogP contribution in [0.3, 0.4) is 0 Å². The van der Waals surface area contributed by atoms with Crippen LogP contribution in [0.2, 0.25) is 0 Å². The standard InChI is InChI=1S/C6H5N3O/c10-8-9-2-1-5-3-7-4-6(5)9/h1-4,7H. The third-order valence-corrected chi connectivity index (χ3v) is 1.48. The van der Waals surface area contributed by atoms with Crippen molar-refractivity contribution >= 4 is 10.9 Å². The van der Waals surface area contributed by atoms with Crippen molar-refractivity contribution in [2.24, 2.45) is 5.29 Å². The average Bonchev–Trinajstić information content (AvgIpc) is 2.44. The van der Waals surface area contributed by atoms with Crippen molar-refractivity contribution < 1.29 is 0 Å². The van der Waals surface area contributed by atoms with E-state index in [0.29, 0.717) is 0 Å². The lowest BCUT2D eigenvalue weighted by molar-refractivity contribution is 0.912. The second-order valence-corrected chi connectivity index (χ2v) is 2.04. The van der Waals surface area contributed by atoms with E-state index < -0.39 is 0 Å². The molecule has 0 aliphatic carbocycles. The van der Waals surface area contributed by atoms with Gasteiger partial charge in [-0.1, -0.05) is 0 Å². The maximum absolute atomic E-state index is 10.1. The Morgan fingerprint density at radius 1 is 1.50 bits per heavy atom. The summed E-state index contributed by atoms with van der Waals surface area (Å²) in [7, 11) is 0. The van der Waals surface area contributed by atoms with Crippen LogP contribution in [-0.4, -0.2) is 9.66 Å². The Bertz CT molecular complexity index is 360. The molecule has 0 aromatic carbocycles. The summed E-state index contributed by atoms with van der Waals surface area (Å²) >= 11 is 0. The first-order chi connectivity index (χ1) is 4.92. The quantitative estimate of drug-likeness (QED) is 0.592. The van der Waals surface area contributed by atoms with Crippen LogP contribution in [0.15, 0.2) is 29.9 Å². The molecule has 0 spiro atoms. The fourth-order valence-electron chi connectivity index (χ4n) is 1.00. The highest BCUT2D eigenvalue weighted by molar-refractivity contribution is 5.79. The number of H-pyrrole nitrogens is 1. The molecule has 0 radical (unpaired) electrons. The number of aromatic amines is 1. The summed E-state index contributed by atoms with van der Waals surface area (Å²) < 4.78 is 1.28. The smallest absolute Gasteiger partial charge is 0.0925 e.